The third-order valence-corrected chi connectivity index (χ3v) is 12.3. The summed E-state index contributed by atoms with van der Waals surface area (Å²) < 4.78 is 5.47. The zero-order valence-corrected chi connectivity index (χ0v) is 39.7. The quantitative estimate of drug-likeness (QED) is 0.0322. The zero-order valence-electron chi connectivity index (χ0n) is 39.7. The highest BCUT2D eigenvalue weighted by Gasteiger charge is 2.20. The molecule has 3 N–H and O–H groups in total. The van der Waals surface area contributed by atoms with Crippen LogP contribution in [0.5, 0.6) is 0 Å². The van der Waals surface area contributed by atoms with E-state index < -0.39 is 12.1 Å². The molecule has 0 aromatic rings. The number of aliphatic hydroxyl groups excluding tert-OH is 2. The van der Waals surface area contributed by atoms with Crippen LogP contribution in [-0.4, -0.2) is 47.4 Å². The second-order valence-corrected chi connectivity index (χ2v) is 18.2. The minimum absolute atomic E-state index is 0.00610. The number of nitrogens with one attached hydrogen (secondary N) is 1. The lowest BCUT2D eigenvalue weighted by Gasteiger charge is -2.22. The van der Waals surface area contributed by atoms with Gasteiger partial charge < -0.3 is 20.3 Å². The Morgan fingerprint density at radius 3 is 1.20 bits per heavy atom. The van der Waals surface area contributed by atoms with Crippen molar-refractivity contribution < 1.29 is 24.5 Å². The molecule has 0 saturated carbocycles. The van der Waals surface area contributed by atoms with Crippen molar-refractivity contribution in [3.8, 4) is 0 Å². The summed E-state index contributed by atoms with van der Waals surface area (Å²) in [5.74, 6) is -0.0405. The molecule has 2 atom stereocenters. The van der Waals surface area contributed by atoms with E-state index in [0.717, 1.165) is 38.5 Å². The van der Waals surface area contributed by atoms with Gasteiger partial charge in [0.25, 0.3) is 0 Å². The van der Waals surface area contributed by atoms with E-state index in [1.807, 2.05) is 0 Å². The molecule has 0 heterocycles. The summed E-state index contributed by atoms with van der Waals surface area (Å²) >= 11 is 0. The topological polar surface area (TPSA) is 95.9 Å². The van der Waals surface area contributed by atoms with E-state index in [1.54, 1.807) is 0 Å². The monoisotopic (exact) mass is 834 g/mol. The molecule has 6 heteroatoms. The van der Waals surface area contributed by atoms with Crippen molar-refractivity contribution in [2.24, 2.45) is 0 Å². The van der Waals surface area contributed by atoms with Crippen molar-refractivity contribution >= 4 is 11.9 Å². The van der Waals surface area contributed by atoms with Crippen molar-refractivity contribution in [3.05, 3.63) is 12.2 Å². The Hall–Kier alpha value is -1.40. The number of amides is 1. The summed E-state index contributed by atoms with van der Waals surface area (Å²) in [5.41, 5.74) is 0. The molecule has 2 unspecified atom stereocenters. The van der Waals surface area contributed by atoms with Gasteiger partial charge in [-0.3, -0.25) is 9.59 Å². The summed E-state index contributed by atoms with van der Waals surface area (Å²) in [6, 6.07) is -0.545. The Morgan fingerprint density at radius 1 is 0.458 bits per heavy atom. The predicted molar refractivity (Wildman–Crippen MR) is 255 cm³/mol. The number of aliphatic hydroxyl groups is 2. The van der Waals surface area contributed by atoms with Crippen LogP contribution < -0.4 is 5.32 Å². The molecular formula is C53H103NO5. The summed E-state index contributed by atoms with van der Waals surface area (Å²) in [4.78, 5) is 24.4. The summed E-state index contributed by atoms with van der Waals surface area (Å²) in [5, 5.41) is 23.1. The van der Waals surface area contributed by atoms with Crippen molar-refractivity contribution in [2.75, 3.05) is 13.2 Å². The molecule has 0 rings (SSSR count). The number of esters is 1. The molecule has 0 spiro atoms. The lowest BCUT2D eigenvalue weighted by molar-refractivity contribution is -0.143. The van der Waals surface area contributed by atoms with E-state index in [-0.39, 0.29) is 18.5 Å². The fraction of sp³-hybridized carbons (Fsp3) is 0.925. The van der Waals surface area contributed by atoms with E-state index in [2.05, 4.69) is 31.3 Å². The first-order valence-corrected chi connectivity index (χ1v) is 26.4. The maximum absolute atomic E-state index is 12.4. The third-order valence-electron chi connectivity index (χ3n) is 12.3. The highest BCUT2D eigenvalue weighted by atomic mass is 16.5. The molecule has 0 aromatic carbocycles. The number of ether oxygens (including phenoxy) is 1. The maximum atomic E-state index is 12.4. The van der Waals surface area contributed by atoms with Crippen LogP contribution in [0.1, 0.15) is 290 Å². The Labute approximate surface area is 368 Å². The normalized spacial score (nSPS) is 12.7. The lowest BCUT2D eigenvalue weighted by atomic mass is 10.0. The number of carbonyl (C=O) groups excluding carboxylic acids is 2. The van der Waals surface area contributed by atoms with Crippen LogP contribution in [-0.2, 0) is 14.3 Å². The van der Waals surface area contributed by atoms with Gasteiger partial charge in [0.2, 0.25) is 5.91 Å². The van der Waals surface area contributed by atoms with Crippen molar-refractivity contribution in [3.63, 3.8) is 0 Å². The van der Waals surface area contributed by atoms with Gasteiger partial charge in [-0.2, -0.15) is 0 Å². The Bertz CT molecular complexity index is 878. The fourth-order valence-electron chi connectivity index (χ4n) is 8.22. The fourth-order valence-corrected chi connectivity index (χ4v) is 8.22. The number of hydrogen-bond donors (Lipinski definition) is 3. The molecule has 350 valence electrons. The first-order valence-electron chi connectivity index (χ1n) is 26.4. The highest BCUT2D eigenvalue weighted by Crippen LogP contribution is 2.16. The van der Waals surface area contributed by atoms with Crippen LogP contribution >= 0.6 is 0 Å². The van der Waals surface area contributed by atoms with Gasteiger partial charge in [-0.05, 0) is 51.4 Å². The molecule has 59 heavy (non-hydrogen) atoms. The number of allylic oxidation sites excluding steroid dienone is 2. The van der Waals surface area contributed by atoms with Gasteiger partial charge in [0, 0.05) is 12.8 Å². The Morgan fingerprint density at radius 2 is 0.797 bits per heavy atom. The van der Waals surface area contributed by atoms with E-state index in [1.165, 1.54) is 218 Å². The first-order chi connectivity index (χ1) is 29.0. The smallest absolute Gasteiger partial charge is 0.305 e. The number of hydrogen-bond acceptors (Lipinski definition) is 5. The molecule has 0 aliphatic carbocycles. The first kappa shape index (κ1) is 57.6. The van der Waals surface area contributed by atoms with Gasteiger partial charge in [0.05, 0.1) is 25.4 Å². The van der Waals surface area contributed by atoms with E-state index in [0.29, 0.717) is 25.9 Å². The molecule has 0 saturated heterocycles. The zero-order chi connectivity index (χ0) is 43.0. The second-order valence-electron chi connectivity index (χ2n) is 18.2. The predicted octanol–water partition coefficient (Wildman–Crippen LogP) is 15.7. The average molecular weight is 834 g/mol. The standard InChI is InChI=1S/C53H103NO5/c1-3-5-7-9-11-13-14-15-24-27-31-35-39-43-47-53(58)59-48-44-40-36-32-28-25-22-20-18-16-17-19-21-23-26-30-34-38-42-46-52(57)54-50(49-55)51(56)45-41-37-33-29-12-10-8-6-4-2/h16-17,50-51,55-56H,3-15,18-49H2,1-2H3,(H,54,57)/b17-16-. The van der Waals surface area contributed by atoms with Gasteiger partial charge in [-0.25, -0.2) is 0 Å². The summed E-state index contributed by atoms with van der Waals surface area (Å²) in [6.45, 7) is 4.92. The van der Waals surface area contributed by atoms with Gasteiger partial charge >= 0.3 is 5.97 Å². The minimum Gasteiger partial charge on any atom is -0.466 e. The van der Waals surface area contributed by atoms with E-state index >= 15 is 0 Å². The Kier molecular flexibility index (Phi) is 48.1. The van der Waals surface area contributed by atoms with Crippen LogP contribution in [0.4, 0.5) is 0 Å². The van der Waals surface area contributed by atoms with Crippen molar-refractivity contribution in [1.29, 1.82) is 0 Å². The molecule has 0 aromatic heterocycles. The minimum atomic E-state index is -0.667. The van der Waals surface area contributed by atoms with Gasteiger partial charge in [-0.1, -0.05) is 238 Å². The second kappa shape index (κ2) is 49.3. The van der Waals surface area contributed by atoms with Crippen LogP contribution in [0.15, 0.2) is 12.2 Å². The number of rotatable bonds is 49. The van der Waals surface area contributed by atoms with Crippen LogP contribution in [0.25, 0.3) is 0 Å². The van der Waals surface area contributed by atoms with Crippen LogP contribution in [0.3, 0.4) is 0 Å². The highest BCUT2D eigenvalue weighted by molar-refractivity contribution is 5.76. The lowest BCUT2D eigenvalue weighted by Crippen LogP contribution is -2.45. The Balaban J connectivity index is 3.40. The largest absolute Gasteiger partial charge is 0.466 e. The average Bonchev–Trinajstić information content (AvgIpc) is 3.24. The number of carbonyl (C=O) groups is 2. The molecule has 0 radical (unpaired) electrons. The van der Waals surface area contributed by atoms with Crippen molar-refractivity contribution in [2.45, 2.75) is 302 Å². The molecule has 0 fully saturated rings. The molecule has 0 aliphatic heterocycles. The summed E-state index contributed by atoms with van der Waals surface area (Å²) in [6.07, 6.45) is 56.2. The van der Waals surface area contributed by atoms with Crippen LogP contribution in [0.2, 0.25) is 0 Å². The van der Waals surface area contributed by atoms with Crippen molar-refractivity contribution in [1.82, 2.24) is 5.32 Å². The molecule has 1 amide bonds. The summed E-state index contributed by atoms with van der Waals surface area (Å²) in [7, 11) is 0. The maximum Gasteiger partial charge on any atom is 0.305 e. The molecule has 0 aliphatic rings. The van der Waals surface area contributed by atoms with Gasteiger partial charge in [0.1, 0.15) is 0 Å². The van der Waals surface area contributed by atoms with E-state index in [9.17, 15) is 19.8 Å². The third kappa shape index (κ3) is 45.9. The van der Waals surface area contributed by atoms with Crippen LogP contribution in [0, 0.1) is 0 Å². The number of unbranched alkanes of at least 4 members (excludes halogenated alkanes) is 36. The molecule has 6 nitrogen and oxygen atoms in total. The van der Waals surface area contributed by atoms with E-state index in [4.69, 9.17) is 4.74 Å². The van der Waals surface area contributed by atoms with Gasteiger partial charge in [-0.15, -0.1) is 0 Å². The molecule has 0 bridgehead atoms. The molecular weight excluding hydrogens is 731 g/mol. The SMILES string of the molecule is CCCCCCCCCCCCCCCCC(=O)OCCCCCCCCCC/C=C\CCCCCCCCCC(=O)NC(CO)C(O)CCCCCCCCCCC. The van der Waals surface area contributed by atoms with Gasteiger partial charge in [0.15, 0.2) is 0 Å².